The molecule has 10 heteroatoms. The Bertz CT molecular complexity index is 826. The fraction of sp³-hybridized carbons (Fsp3) is 0.421. The first kappa shape index (κ1) is 21.6. The van der Waals surface area contributed by atoms with Crippen LogP contribution < -0.4 is 5.32 Å². The zero-order chi connectivity index (χ0) is 20.6. The zero-order valence-electron chi connectivity index (χ0n) is 15.8. The summed E-state index contributed by atoms with van der Waals surface area (Å²) in [7, 11) is 0. The van der Waals surface area contributed by atoms with E-state index in [-0.39, 0.29) is 23.4 Å². The number of carbonyl (C=O) groups is 2. The average molecular weight is 441 g/mol. The van der Waals surface area contributed by atoms with Crippen LogP contribution in [0.5, 0.6) is 0 Å². The van der Waals surface area contributed by atoms with Gasteiger partial charge in [-0.15, -0.1) is 0 Å². The van der Waals surface area contributed by atoms with Crippen LogP contribution in [-0.2, 0) is 9.53 Å². The molecule has 2 heterocycles. The molecule has 1 aromatic heterocycles. The molecule has 1 aliphatic heterocycles. The van der Waals surface area contributed by atoms with E-state index in [2.05, 4.69) is 15.4 Å². The Kier molecular flexibility index (Phi) is 7.88. The predicted octanol–water partition coefficient (Wildman–Crippen LogP) is 2.78. The quantitative estimate of drug-likeness (QED) is 0.678. The minimum Gasteiger partial charge on any atom is -0.379 e. The van der Waals surface area contributed by atoms with Gasteiger partial charge >= 0.3 is 0 Å². The van der Waals surface area contributed by atoms with Crippen LogP contribution in [0.2, 0.25) is 10.0 Å². The second-order valence-electron chi connectivity index (χ2n) is 6.60. The highest BCUT2D eigenvalue weighted by Gasteiger charge is 2.21. The maximum atomic E-state index is 13.0. The molecule has 1 fully saturated rings. The minimum atomic E-state index is -0.362. The van der Waals surface area contributed by atoms with Gasteiger partial charge in [-0.2, -0.15) is 0 Å². The molecule has 1 saturated heterocycles. The first-order chi connectivity index (χ1) is 14.0. The summed E-state index contributed by atoms with van der Waals surface area (Å²) in [6.45, 7) is 4.29. The lowest BCUT2D eigenvalue weighted by atomic mass is 10.2. The summed E-state index contributed by atoms with van der Waals surface area (Å²) in [6, 6.07) is 6.21. The fourth-order valence-corrected chi connectivity index (χ4v) is 3.30. The van der Waals surface area contributed by atoms with Gasteiger partial charge in [-0.05, 0) is 24.6 Å². The lowest BCUT2D eigenvalue weighted by Crippen LogP contribution is -2.41. The third-order valence-corrected chi connectivity index (χ3v) is 5.24. The van der Waals surface area contributed by atoms with Gasteiger partial charge in [0.1, 0.15) is 12.8 Å². The van der Waals surface area contributed by atoms with Gasteiger partial charge in [0.15, 0.2) is 5.82 Å². The van der Waals surface area contributed by atoms with Crippen LogP contribution in [0.1, 0.15) is 16.8 Å². The number of amides is 2. The van der Waals surface area contributed by atoms with E-state index in [1.54, 1.807) is 12.1 Å². The number of ether oxygens (including phenoxy) is 1. The zero-order valence-corrected chi connectivity index (χ0v) is 17.3. The van der Waals surface area contributed by atoms with Crippen molar-refractivity contribution in [3.8, 4) is 0 Å². The van der Waals surface area contributed by atoms with Crippen molar-refractivity contribution < 1.29 is 18.8 Å². The molecule has 0 spiro atoms. The molecule has 2 aromatic rings. The van der Waals surface area contributed by atoms with E-state index in [0.717, 1.165) is 26.1 Å². The number of hydrogen-bond acceptors (Lipinski definition) is 6. The van der Waals surface area contributed by atoms with Gasteiger partial charge in [0.05, 0.1) is 23.3 Å². The third-order valence-electron chi connectivity index (χ3n) is 4.50. The van der Waals surface area contributed by atoms with Crippen molar-refractivity contribution in [1.82, 2.24) is 15.0 Å². The summed E-state index contributed by atoms with van der Waals surface area (Å²) in [5.74, 6) is -0.357. The van der Waals surface area contributed by atoms with Crippen LogP contribution in [-0.4, -0.2) is 72.7 Å². The second-order valence-corrected chi connectivity index (χ2v) is 7.41. The van der Waals surface area contributed by atoms with Gasteiger partial charge < -0.3 is 19.5 Å². The van der Waals surface area contributed by atoms with Gasteiger partial charge in [-0.25, -0.2) is 0 Å². The Morgan fingerprint density at radius 3 is 2.66 bits per heavy atom. The number of halogens is 2. The van der Waals surface area contributed by atoms with Crippen molar-refractivity contribution in [2.45, 2.75) is 6.42 Å². The number of nitrogens with one attached hydrogen (secondary N) is 1. The van der Waals surface area contributed by atoms with Crippen molar-refractivity contribution in [2.75, 3.05) is 51.3 Å². The molecular weight excluding hydrogens is 419 g/mol. The van der Waals surface area contributed by atoms with E-state index in [1.807, 2.05) is 0 Å². The van der Waals surface area contributed by atoms with Crippen LogP contribution in [0, 0.1) is 0 Å². The number of aromatic nitrogens is 1. The Morgan fingerprint density at radius 1 is 1.17 bits per heavy atom. The molecule has 29 heavy (non-hydrogen) atoms. The standard InChI is InChI=1S/C19H22Cl2N4O4/c20-15-3-2-14(12-16(15)21)19(27)25(6-1-5-24-7-10-28-11-8-24)13-18(26)22-17-4-9-29-23-17/h2-4,9,12H,1,5-8,10-11,13H2,(H,22,23,26). The number of rotatable bonds is 8. The van der Waals surface area contributed by atoms with Gasteiger partial charge in [0, 0.05) is 37.8 Å². The lowest BCUT2D eigenvalue weighted by Gasteiger charge is -2.28. The third kappa shape index (κ3) is 6.43. The van der Waals surface area contributed by atoms with Crippen molar-refractivity contribution >= 4 is 40.8 Å². The number of carbonyl (C=O) groups excluding carboxylic acids is 2. The summed E-state index contributed by atoms with van der Waals surface area (Å²) in [5.41, 5.74) is 0.375. The van der Waals surface area contributed by atoms with Crippen LogP contribution in [0.4, 0.5) is 5.82 Å². The molecular formula is C19H22Cl2N4O4. The Labute approximate surface area is 178 Å². The molecule has 1 N–H and O–H groups in total. The van der Waals surface area contributed by atoms with Crippen LogP contribution in [0.25, 0.3) is 0 Å². The summed E-state index contributed by atoms with van der Waals surface area (Å²) in [4.78, 5) is 29.2. The molecule has 0 aliphatic carbocycles. The molecule has 2 amide bonds. The van der Waals surface area contributed by atoms with Crippen molar-refractivity contribution in [3.05, 3.63) is 46.1 Å². The average Bonchev–Trinajstić information content (AvgIpc) is 3.22. The monoisotopic (exact) mass is 440 g/mol. The number of morpholine rings is 1. The van der Waals surface area contributed by atoms with Gasteiger partial charge in [-0.3, -0.25) is 14.5 Å². The van der Waals surface area contributed by atoms with Crippen molar-refractivity contribution in [2.24, 2.45) is 0 Å². The minimum absolute atomic E-state index is 0.116. The topological polar surface area (TPSA) is 87.9 Å². The van der Waals surface area contributed by atoms with E-state index in [9.17, 15) is 9.59 Å². The number of benzene rings is 1. The van der Waals surface area contributed by atoms with E-state index in [4.69, 9.17) is 32.5 Å². The molecule has 1 aromatic carbocycles. The second kappa shape index (κ2) is 10.6. The number of anilines is 1. The first-order valence-corrected chi connectivity index (χ1v) is 10.0. The van der Waals surface area contributed by atoms with Crippen LogP contribution in [0.15, 0.2) is 35.1 Å². The highest BCUT2D eigenvalue weighted by Crippen LogP contribution is 2.23. The first-order valence-electron chi connectivity index (χ1n) is 9.27. The molecule has 3 rings (SSSR count). The van der Waals surface area contributed by atoms with Gasteiger partial charge in [0.25, 0.3) is 5.91 Å². The van der Waals surface area contributed by atoms with Crippen molar-refractivity contribution in [3.63, 3.8) is 0 Å². The summed E-state index contributed by atoms with van der Waals surface area (Å²) >= 11 is 12.0. The summed E-state index contributed by atoms with van der Waals surface area (Å²) < 4.78 is 10.1. The van der Waals surface area contributed by atoms with Crippen LogP contribution >= 0.6 is 23.2 Å². The summed E-state index contributed by atoms with van der Waals surface area (Å²) in [5, 5.41) is 6.91. The van der Waals surface area contributed by atoms with E-state index < -0.39 is 0 Å². The maximum absolute atomic E-state index is 13.0. The fourth-order valence-electron chi connectivity index (χ4n) is 3.01. The van der Waals surface area contributed by atoms with E-state index >= 15 is 0 Å². The normalized spacial score (nSPS) is 14.6. The molecule has 0 atom stereocenters. The lowest BCUT2D eigenvalue weighted by molar-refractivity contribution is -0.117. The molecule has 0 saturated carbocycles. The van der Waals surface area contributed by atoms with Crippen LogP contribution in [0.3, 0.4) is 0 Å². The van der Waals surface area contributed by atoms with Gasteiger partial charge in [0.2, 0.25) is 5.91 Å². The molecule has 1 aliphatic rings. The molecule has 0 unspecified atom stereocenters. The van der Waals surface area contributed by atoms with E-state index in [0.29, 0.717) is 36.2 Å². The van der Waals surface area contributed by atoms with Gasteiger partial charge in [-0.1, -0.05) is 28.4 Å². The highest BCUT2D eigenvalue weighted by molar-refractivity contribution is 6.42. The Hall–Kier alpha value is -2.13. The smallest absolute Gasteiger partial charge is 0.254 e. The largest absolute Gasteiger partial charge is 0.379 e. The maximum Gasteiger partial charge on any atom is 0.254 e. The Morgan fingerprint density at radius 2 is 1.97 bits per heavy atom. The molecule has 0 bridgehead atoms. The van der Waals surface area contributed by atoms with Crippen molar-refractivity contribution in [1.29, 1.82) is 0 Å². The number of nitrogens with zero attached hydrogens (tertiary/aromatic N) is 3. The Balaban J connectivity index is 1.64. The van der Waals surface area contributed by atoms with E-state index in [1.165, 1.54) is 23.3 Å². The number of hydrogen-bond donors (Lipinski definition) is 1. The highest BCUT2D eigenvalue weighted by atomic mass is 35.5. The predicted molar refractivity (Wildman–Crippen MR) is 109 cm³/mol. The molecule has 156 valence electrons. The molecule has 0 radical (unpaired) electrons. The summed E-state index contributed by atoms with van der Waals surface area (Å²) in [6.07, 6.45) is 2.08. The SMILES string of the molecule is O=C(CN(CCCN1CCOCC1)C(=O)c1ccc(Cl)c(Cl)c1)Nc1ccon1. The molecule has 8 nitrogen and oxygen atoms in total.